The molecule has 0 amide bonds. The van der Waals surface area contributed by atoms with Crippen molar-refractivity contribution in [1.82, 2.24) is 10.2 Å². The third-order valence-electron chi connectivity index (χ3n) is 6.57. The Morgan fingerprint density at radius 1 is 1.06 bits per heavy atom. The highest BCUT2D eigenvalue weighted by Gasteiger charge is 2.43. The highest BCUT2D eigenvalue weighted by Crippen LogP contribution is 2.38. The normalized spacial score (nSPS) is 17.3. The van der Waals surface area contributed by atoms with Crippen LogP contribution in [0.5, 0.6) is 0 Å². The first-order chi connectivity index (χ1) is 16.6. The predicted molar refractivity (Wildman–Crippen MR) is 131 cm³/mol. The number of nitrogens with zero attached hydrogens (tertiary/aromatic N) is 2. The van der Waals surface area contributed by atoms with E-state index in [1.807, 2.05) is 32.0 Å². The molecule has 0 saturated carbocycles. The zero-order valence-electron chi connectivity index (χ0n) is 20.5. The molecule has 1 saturated heterocycles. The number of hydrogen-bond donors (Lipinski definition) is 1. The highest BCUT2D eigenvalue weighted by molar-refractivity contribution is 6.06. The number of nitrogens with one attached hydrogen (secondary N) is 1. The number of piperazine rings is 1. The molecule has 6 nitrogen and oxygen atoms in total. The molecule has 0 bridgehead atoms. The maximum Gasteiger partial charge on any atom is 0.407 e. The fourth-order valence-electron chi connectivity index (χ4n) is 4.65. The quantitative estimate of drug-likeness (QED) is 0.463. The summed E-state index contributed by atoms with van der Waals surface area (Å²) in [6.07, 6.45) is -4.39. The number of esters is 1. The number of benzene rings is 2. The number of halogens is 3. The van der Waals surface area contributed by atoms with Gasteiger partial charge in [-0.05, 0) is 49.2 Å². The molecule has 1 aromatic heterocycles. The molecule has 1 aliphatic heterocycles. The Balaban J connectivity index is 1.68. The maximum atomic E-state index is 14.1. The van der Waals surface area contributed by atoms with Crippen molar-refractivity contribution in [2.45, 2.75) is 38.5 Å². The van der Waals surface area contributed by atoms with Gasteiger partial charge in [-0.2, -0.15) is 13.2 Å². The molecule has 0 radical (unpaired) electrons. The topological polar surface area (TPSA) is 58.0 Å². The monoisotopic (exact) mass is 491 g/mol. The summed E-state index contributed by atoms with van der Waals surface area (Å²) in [7, 11) is 3.28. The van der Waals surface area contributed by atoms with E-state index in [1.165, 1.54) is 19.2 Å². The summed E-state index contributed by atoms with van der Waals surface area (Å²) in [4.78, 5) is 16.8. The minimum Gasteiger partial charge on any atom is -0.468 e. The third kappa shape index (κ3) is 5.56. The van der Waals surface area contributed by atoms with Crippen LogP contribution >= 0.6 is 0 Å². The summed E-state index contributed by atoms with van der Waals surface area (Å²) in [5.74, 6) is -0.706. The van der Waals surface area contributed by atoms with Crippen LogP contribution in [0.15, 0.2) is 40.8 Å². The van der Waals surface area contributed by atoms with E-state index in [1.54, 1.807) is 6.07 Å². The number of fused-ring (bicyclic) bond motifs is 3. The van der Waals surface area contributed by atoms with Crippen LogP contribution < -0.4 is 10.2 Å². The number of likely N-dealkylation sites (N-methyl/N-ethyl adjacent to an activating group) is 1. The van der Waals surface area contributed by atoms with Crippen molar-refractivity contribution in [3.63, 3.8) is 0 Å². The van der Waals surface area contributed by atoms with Gasteiger partial charge in [-0.25, -0.2) is 0 Å². The van der Waals surface area contributed by atoms with Crippen molar-refractivity contribution in [1.29, 1.82) is 0 Å². The van der Waals surface area contributed by atoms with Crippen LogP contribution in [0.3, 0.4) is 0 Å². The molecule has 35 heavy (non-hydrogen) atoms. The third-order valence-corrected chi connectivity index (χ3v) is 6.57. The molecule has 9 heteroatoms. The summed E-state index contributed by atoms with van der Waals surface area (Å²) in [6, 6.07) is 7.33. The van der Waals surface area contributed by atoms with Gasteiger partial charge in [-0.1, -0.05) is 26.0 Å². The number of carbonyl (C=O) groups is 1. The van der Waals surface area contributed by atoms with E-state index in [4.69, 9.17) is 9.15 Å². The number of rotatable bonds is 7. The molecule has 1 fully saturated rings. The van der Waals surface area contributed by atoms with E-state index in [-0.39, 0.29) is 17.9 Å². The summed E-state index contributed by atoms with van der Waals surface area (Å²) in [5.41, 5.74) is 2.06. The minimum atomic E-state index is -4.61. The summed E-state index contributed by atoms with van der Waals surface area (Å²) >= 11 is 0. The Kier molecular flexibility index (Phi) is 7.28. The van der Waals surface area contributed by atoms with Crippen LogP contribution in [0, 0.1) is 5.92 Å². The average molecular weight is 492 g/mol. The Bertz CT molecular complexity index is 1180. The maximum absolute atomic E-state index is 14.1. The lowest BCUT2D eigenvalue weighted by molar-refractivity contribution is -0.164. The van der Waals surface area contributed by atoms with Gasteiger partial charge in [0.15, 0.2) is 0 Å². The van der Waals surface area contributed by atoms with E-state index >= 15 is 0 Å². The Labute approximate surface area is 203 Å². The Morgan fingerprint density at radius 3 is 2.40 bits per heavy atom. The lowest BCUT2D eigenvalue weighted by Crippen LogP contribution is -2.45. The first-order valence-electron chi connectivity index (χ1n) is 11.9. The van der Waals surface area contributed by atoms with Gasteiger partial charge in [-0.3, -0.25) is 10.1 Å². The van der Waals surface area contributed by atoms with Crippen LogP contribution in [-0.4, -0.2) is 63.4 Å². The van der Waals surface area contributed by atoms with Gasteiger partial charge in [0.25, 0.3) is 0 Å². The van der Waals surface area contributed by atoms with Gasteiger partial charge in [0.05, 0.1) is 7.11 Å². The van der Waals surface area contributed by atoms with Crippen LogP contribution in [-0.2, 0) is 9.53 Å². The first kappa shape index (κ1) is 25.3. The van der Waals surface area contributed by atoms with Crippen molar-refractivity contribution >= 4 is 33.6 Å². The number of ether oxygens (including phenoxy) is 1. The number of hydrogen-bond acceptors (Lipinski definition) is 6. The lowest BCUT2D eigenvalue weighted by Gasteiger charge is -2.34. The smallest absolute Gasteiger partial charge is 0.407 e. The van der Waals surface area contributed by atoms with Crippen molar-refractivity contribution in [3.05, 3.63) is 42.0 Å². The zero-order valence-corrected chi connectivity index (χ0v) is 20.5. The van der Waals surface area contributed by atoms with E-state index in [2.05, 4.69) is 22.2 Å². The molecule has 190 valence electrons. The van der Waals surface area contributed by atoms with Crippen molar-refractivity contribution in [3.8, 4) is 0 Å². The van der Waals surface area contributed by atoms with Crippen molar-refractivity contribution in [2.24, 2.45) is 5.92 Å². The number of anilines is 1. The van der Waals surface area contributed by atoms with Gasteiger partial charge < -0.3 is 19.0 Å². The van der Waals surface area contributed by atoms with Crippen molar-refractivity contribution < 1.29 is 27.1 Å². The molecule has 4 rings (SSSR count). The van der Waals surface area contributed by atoms with Gasteiger partial charge >= 0.3 is 12.1 Å². The van der Waals surface area contributed by atoms with Crippen LogP contribution in [0.2, 0.25) is 0 Å². The van der Waals surface area contributed by atoms with Crippen molar-refractivity contribution in [2.75, 3.05) is 45.2 Å². The largest absolute Gasteiger partial charge is 0.468 e. The first-order valence-corrected chi connectivity index (χ1v) is 11.9. The molecule has 1 aliphatic rings. The molecule has 2 unspecified atom stereocenters. The molecule has 1 N–H and O–H groups in total. The predicted octanol–water partition coefficient (Wildman–Crippen LogP) is 5.12. The summed E-state index contributed by atoms with van der Waals surface area (Å²) < 4.78 is 53.0. The second kappa shape index (κ2) is 10.1. The second-order valence-electron chi connectivity index (χ2n) is 9.68. The number of methoxy groups -OCH3 is 1. The summed E-state index contributed by atoms with van der Waals surface area (Å²) in [6.45, 7) is 7.47. The summed E-state index contributed by atoms with van der Waals surface area (Å²) in [5, 5.41) is 4.12. The number of carbonyl (C=O) groups excluding carboxylic acids is 1. The number of furan rings is 1. The van der Waals surface area contributed by atoms with E-state index in [0.29, 0.717) is 11.2 Å². The average Bonchev–Trinajstić information content (AvgIpc) is 3.17. The fraction of sp³-hybridized carbons (Fsp3) is 0.500. The fourth-order valence-corrected chi connectivity index (χ4v) is 4.65. The van der Waals surface area contributed by atoms with Gasteiger partial charge in [-0.15, -0.1) is 0 Å². The highest BCUT2D eigenvalue weighted by atomic mass is 19.4. The SMILES string of the molecule is COC(=O)C(CC(C)C)NC(c1ccc2c(c1)oc1ccc(N3CCN(C)CC3)cc12)C(F)(F)F. The number of alkyl halides is 3. The van der Waals surface area contributed by atoms with Gasteiger partial charge in [0.1, 0.15) is 23.2 Å². The molecule has 0 aliphatic carbocycles. The molecule has 3 aromatic rings. The molecule has 2 heterocycles. The molecule has 2 aromatic carbocycles. The van der Waals surface area contributed by atoms with Crippen LogP contribution in [0.4, 0.5) is 18.9 Å². The second-order valence-corrected chi connectivity index (χ2v) is 9.68. The van der Waals surface area contributed by atoms with Gasteiger partial charge in [0, 0.05) is 42.6 Å². The zero-order chi connectivity index (χ0) is 25.3. The molecule has 2 atom stereocenters. The Morgan fingerprint density at radius 2 is 1.77 bits per heavy atom. The molecular weight excluding hydrogens is 459 g/mol. The Hall–Kier alpha value is -2.78. The van der Waals surface area contributed by atoms with Gasteiger partial charge in [0.2, 0.25) is 0 Å². The van der Waals surface area contributed by atoms with E-state index in [0.717, 1.165) is 42.6 Å². The van der Waals surface area contributed by atoms with Crippen LogP contribution in [0.1, 0.15) is 31.9 Å². The minimum absolute atomic E-state index is 0.00726. The van der Waals surface area contributed by atoms with E-state index in [9.17, 15) is 18.0 Å². The van der Waals surface area contributed by atoms with E-state index < -0.39 is 24.2 Å². The van der Waals surface area contributed by atoms with Crippen LogP contribution in [0.25, 0.3) is 21.9 Å². The standard InChI is InChI=1S/C26H32F3N3O3/c1-16(2)13-21(25(33)34-4)30-24(26(27,28)29)17-5-7-19-20-15-18(32-11-9-31(3)10-12-32)6-8-22(20)35-23(19)14-17/h5-8,14-16,21,24,30H,9-13H2,1-4H3. The lowest BCUT2D eigenvalue weighted by atomic mass is 9.99. The molecule has 0 spiro atoms. The molecular formula is C26H32F3N3O3.